The van der Waals surface area contributed by atoms with E-state index < -0.39 is 0 Å². The van der Waals surface area contributed by atoms with E-state index in [0.717, 1.165) is 0 Å². The van der Waals surface area contributed by atoms with Gasteiger partial charge in [-0.25, -0.2) is 4.39 Å². The van der Waals surface area contributed by atoms with Gasteiger partial charge in [-0.3, -0.25) is 4.79 Å². The average molecular weight is 306 g/mol. The SMILES string of the molecule is Cc1ccc(C(=O)NCC(c2ccsc2)N(C)C)cc1F. The molecule has 1 heterocycles. The number of hydrogen-bond acceptors (Lipinski definition) is 3. The summed E-state index contributed by atoms with van der Waals surface area (Å²) >= 11 is 1.63. The summed E-state index contributed by atoms with van der Waals surface area (Å²) in [5.74, 6) is -0.611. The molecule has 0 saturated heterocycles. The molecule has 2 rings (SSSR count). The van der Waals surface area contributed by atoms with E-state index in [0.29, 0.717) is 17.7 Å². The monoisotopic (exact) mass is 306 g/mol. The first-order chi connectivity index (χ1) is 9.99. The van der Waals surface area contributed by atoms with Crippen LogP contribution in [0.3, 0.4) is 0 Å². The fourth-order valence-corrected chi connectivity index (χ4v) is 2.80. The molecule has 0 saturated carbocycles. The van der Waals surface area contributed by atoms with Crippen LogP contribution >= 0.6 is 11.3 Å². The highest BCUT2D eigenvalue weighted by Crippen LogP contribution is 2.20. The van der Waals surface area contributed by atoms with Gasteiger partial charge >= 0.3 is 0 Å². The Morgan fingerprint density at radius 3 is 2.71 bits per heavy atom. The van der Waals surface area contributed by atoms with E-state index >= 15 is 0 Å². The van der Waals surface area contributed by atoms with Crippen molar-refractivity contribution in [3.05, 3.63) is 57.5 Å². The van der Waals surface area contributed by atoms with Gasteiger partial charge in [0.15, 0.2) is 0 Å². The normalized spacial score (nSPS) is 12.4. The zero-order valence-electron chi connectivity index (χ0n) is 12.4. The molecule has 1 atom stereocenters. The molecular weight excluding hydrogens is 287 g/mol. The van der Waals surface area contributed by atoms with Crippen LogP contribution in [0.15, 0.2) is 35.0 Å². The van der Waals surface area contributed by atoms with Crippen LogP contribution in [0.5, 0.6) is 0 Å². The van der Waals surface area contributed by atoms with Gasteiger partial charge in [-0.05, 0) is 61.1 Å². The highest BCUT2D eigenvalue weighted by atomic mass is 32.1. The summed E-state index contributed by atoms with van der Waals surface area (Å²) < 4.78 is 13.5. The minimum Gasteiger partial charge on any atom is -0.350 e. The van der Waals surface area contributed by atoms with Crippen LogP contribution in [0.2, 0.25) is 0 Å². The standard InChI is InChI=1S/C16H19FN2OS/c1-11-4-5-12(8-14(11)17)16(20)18-9-15(19(2)3)13-6-7-21-10-13/h4-8,10,15H,9H2,1-3H3,(H,18,20). The van der Waals surface area contributed by atoms with E-state index in [9.17, 15) is 9.18 Å². The molecule has 2 aromatic rings. The Hall–Kier alpha value is -1.72. The largest absolute Gasteiger partial charge is 0.350 e. The second-order valence-electron chi connectivity index (χ2n) is 5.21. The molecule has 1 N–H and O–H groups in total. The molecule has 0 aliphatic heterocycles. The number of rotatable bonds is 5. The molecule has 0 fully saturated rings. The van der Waals surface area contributed by atoms with Gasteiger partial charge in [0.05, 0.1) is 6.04 Å². The molecule has 0 spiro atoms. The smallest absolute Gasteiger partial charge is 0.251 e. The molecule has 0 aliphatic rings. The molecule has 0 aliphatic carbocycles. The van der Waals surface area contributed by atoms with E-state index in [1.54, 1.807) is 30.4 Å². The van der Waals surface area contributed by atoms with Crippen LogP contribution in [0.1, 0.15) is 27.5 Å². The van der Waals surface area contributed by atoms with E-state index in [1.807, 2.05) is 25.5 Å². The van der Waals surface area contributed by atoms with Gasteiger partial charge in [0.2, 0.25) is 0 Å². The summed E-state index contributed by atoms with van der Waals surface area (Å²) in [7, 11) is 3.94. The number of nitrogens with zero attached hydrogens (tertiary/aromatic N) is 1. The second kappa shape index (κ2) is 6.83. The third-order valence-corrected chi connectivity index (χ3v) is 4.14. The molecule has 1 amide bonds. The van der Waals surface area contributed by atoms with Crippen LogP contribution in [0, 0.1) is 12.7 Å². The van der Waals surface area contributed by atoms with Crippen molar-refractivity contribution in [2.75, 3.05) is 20.6 Å². The fourth-order valence-electron chi connectivity index (χ4n) is 2.09. The van der Waals surface area contributed by atoms with Crippen LogP contribution in [-0.4, -0.2) is 31.4 Å². The lowest BCUT2D eigenvalue weighted by Crippen LogP contribution is -2.34. The van der Waals surface area contributed by atoms with Crippen molar-refractivity contribution in [1.82, 2.24) is 10.2 Å². The predicted octanol–water partition coefficient (Wildman–Crippen LogP) is 3.23. The Labute approximate surface area is 128 Å². The lowest BCUT2D eigenvalue weighted by molar-refractivity contribution is 0.0941. The van der Waals surface area contributed by atoms with Gasteiger partial charge in [-0.15, -0.1) is 0 Å². The lowest BCUT2D eigenvalue weighted by Gasteiger charge is -2.24. The van der Waals surface area contributed by atoms with Gasteiger partial charge in [-0.1, -0.05) is 6.07 Å². The Bertz CT molecular complexity index is 611. The third-order valence-electron chi connectivity index (χ3n) is 3.44. The molecule has 1 unspecified atom stereocenters. The second-order valence-corrected chi connectivity index (χ2v) is 5.99. The zero-order chi connectivity index (χ0) is 15.4. The quantitative estimate of drug-likeness (QED) is 0.920. The van der Waals surface area contributed by atoms with Crippen molar-refractivity contribution >= 4 is 17.2 Å². The van der Waals surface area contributed by atoms with Gasteiger partial charge in [-0.2, -0.15) is 11.3 Å². The summed E-state index contributed by atoms with van der Waals surface area (Å²) in [6.45, 7) is 2.16. The zero-order valence-corrected chi connectivity index (χ0v) is 13.2. The van der Waals surface area contributed by atoms with E-state index in [-0.39, 0.29) is 17.8 Å². The lowest BCUT2D eigenvalue weighted by atomic mass is 10.1. The van der Waals surface area contributed by atoms with Crippen molar-refractivity contribution < 1.29 is 9.18 Å². The number of benzene rings is 1. The number of likely N-dealkylation sites (N-methyl/N-ethyl adjacent to an activating group) is 1. The number of halogens is 1. The van der Waals surface area contributed by atoms with Crippen LogP contribution in [0.25, 0.3) is 0 Å². The summed E-state index contributed by atoms with van der Waals surface area (Å²) in [5, 5.41) is 6.96. The maximum absolute atomic E-state index is 13.5. The molecule has 112 valence electrons. The number of nitrogens with one attached hydrogen (secondary N) is 1. The van der Waals surface area contributed by atoms with Crippen LogP contribution in [-0.2, 0) is 0 Å². The molecule has 21 heavy (non-hydrogen) atoms. The minimum atomic E-state index is -0.357. The first-order valence-electron chi connectivity index (χ1n) is 6.72. The van der Waals surface area contributed by atoms with Gasteiger partial charge in [0.1, 0.15) is 5.82 Å². The number of hydrogen-bond donors (Lipinski definition) is 1. The number of thiophene rings is 1. The van der Waals surface area contributed by atoms with Crippen molar-refractivity contribution in [3.63, 3.8) is 0 Å². The molecule has 3 nitrogen and oxygen atoms in total. The molecule has 0 radical (unpaired) electrons. The number of amides is 1. The minimum absolute atomic E-state index is 0.107. The van der Waals surface area contributed by atoms with Crippen LogP contribution in [0.4, 0.5) is 4.39 Å². The Morgan fingerprint density at radius 2 is 2.14 bits per heavy atom. The van der Waals surface area contributed by atoms with Gasteiger partial charge in [0, 0.05) is 12.1 Å². The van der Waals surface area contributed by atoms with Gasteiger partial charge < -0.3 is 10.2 Å². The highest BCUT2D eigenvalue weighted by Gasteiger charge is 2.16. The fraction of sp³-hybridized carbons (Fsp3) is 0.312. The molecule has 1 aromatic heterocycles. The Morgan fingerprint density at radius 1 is 1.38 bits per heavy atom. The summed E-state index contributed by atoms with van der Waals surface area (Å²) in [4.78, 5) is 14.2. The molecular formula is C16H19FN2OS. The number of carbonyl (C=O) groups is 1. The Balaban J connectivity index is 2.03. The molecule has 1 aromatic carbocycles. The molecule has 0 bridgehead atoms. The summed E-state index contributed by atoms with van der Waals surface area (Å²) in [6, 6.07) is 6.69. The molecule has 5 heteroatoms. The van der Waals surface area contributed by atoms with Gasteiger partial charge in [0.25, 0.3) is 5.91 Å². The third kappa shape index (κ3) is 3.89. The summed E-state index contributed by atoms with van der Waals surface area (Å²) in [5.41, 5.74) is 2.05. The first-order valence-corrected chi connectivity index (χ1v) is 7.66. The van der Waals surface area contributed by atoms with E-state index in [2.05, 4.69) is 15.6 Å². The van der Waals surface area contributed by atoms with Crippen molar-refractivity contribution in [1.29, 1.82) is 0 Å². The average Bonchev–Trinajstić information content (AvgIpc) is 2.95. The number of aryl methyl sites for hydroxylation is 1. The maximum Gasteiger partial charge on any atom is 0.251 e. The summed E-state index contributed by atoms with van der Waals surface area (Å²) in [6.07, 6.45) is 0. The topological polar surface area (TPSA) is 32.3 Å². The predicted molar refractivity (Wildman–Crippen MR) is 84.2 cm³/mol. The Kier molecular flexibility index (Phi) is 5.09. The van der Waals surface area contributed by atoms with Crippen molar-refractivity contribution in [3.8, 4) is 0 Å². The van der Waals surface area contributed by atoms with Crippen molar-refractivity contribution in [2.45, 2.75) is 13.0 Å². The highest BCUT2D eigenvalue weighted by molar-refractivity contribution is 7.07. The van der Waals surface area contributed by atoms with Crippen molar-refractivity contribution in [2.24, 2.45) is 0 Å². The maximum atomic E-state index is 13.5. The van der Waals surface area contributed by atoms with E-state index in [1.165, 1.54) is 11.6 Å². The van der Waals surface area contributed by atoms with E-state index in [4.69, 9.17) is 0 Å². The van der Waals surface area contributed by atoms with Crippen LogP contribution < -0.4 is 5.32 Å². The first kappa shape index (κ1) is 15.7. The number of carbonyl (C=O) groups excluding carboxylic acids is 1.